The van der Waals surface area contributed by atoms with Gasteiger partial charge in [-0.15, -0.1) is 0 Å². The summed E-state index contributed by atoms with van der Waals surface area (Å²) < 4.78 is 5.42. The van der Waals surface area contributed by atoms with Crippen LogP contribution in [0.1, 0.15) is 49.4 Å². The molecule has 6 heteroatoms. The number of ether oxygens (including phenoxy) is 1. The average molecular weight is 522 g/mol. The van der Waals surface area contributed by atoms with E-state index in [1.54, 1.807) is 7.11 Å². The molecule has 3 aromatic carbocycles. The van der Waals surface area contributed by atoms with Gasteiger partial charge in [0.25, 0.3) is 0 Å². The Labute approximate surface area is 230 Å². The number of carbonyl (C=O) groups is 2. The number of anilines is 2. The van der Waals surface area contributed by atoms with Crippen LogP contribution in [-0.2, 0) is 22.4 Å². The number of nitrogens with one attached hydrogen (secondary N) is 2. The van der Waals surface area contributed by atoms with Crippen LogP contribution in [0.25, 0.3) is 0 Å². The normalized spacial score (nSPS) is 19.9. The maximum absolute atomic E-state index is 13.8. The molecule has 3 aromatic rings. The number of methoxy groups -OCH3 is 1. The summed E-state index contributed by atoms with van der Waals surface area (Å²) in [5, 5.41) is 6.91. The average Bonchev–Trinajstić information content (AvgIpc) is 3.26. The molecule has 1 atom stereocenters. The van der Waals surface area contributed by atoms with Crippen molar-refractivity contribution in [3.05, 3.63) is 101 Å². The monoisotopic (exact) mass is 521 g/mol. The van der Waals surface area contributed by atoms with Gasteiger partial charge in [-0.2, -0.15) is 0 Å². The van der Waals surface area contributed by atoms with E-state index in [4.69, 9.17) is 4.74 Å². The zero-order valence-corrected chi connectivity index (χ0v) is 22.8. The second kappa shape index (κ2) is 9.92. The van der Waals surface area contributed by atoms with Crippen molar-refractivity contribution in [3.63, 3.8) is 0 Å². The highest BCUT2D eigenvalue weighted by Gasteiger charge is 2.42. The molecule has 3 aliphatic rings. The molecule has 0 spiro atoms. The highest BCUT2D eigenvalue weighted by atomic mass is 16.5. The molecule has 2 aliphatic carbocycles. The van der Waals surface area contributed by atoms with Gasteiger partial charge in [-0.1, -0.05) is 62.4 Å². The van der Waals surface area contributed by atoms with Crippen LogP contribution in [0.5, 0.6) is 5.75 Å². The van der Waals surface area contributed by atoms with E-state index in [2.05, 4.69) is 53.6 Å². The second-order valence-corrected chi connectivity index (χ2v) is 11.7. The first-order chi connectivity index (χ1) is 18.8. The molecule has 6 rings (SSSR count). The van der Waals surface area contributed by atoms with E-state index in [0.29, 0.717) is 6.42 Å². The van der Waals surface area contributed by atoms with Gasteiger partial charge in [-0.05, 0) is 65.6 Å². The van der Waals surface area contributed by atoms with E-state index < -0.39 is 6.04 Å². The molecule has 1 unspecified atom stereocenters. The number of hydrogen-bond acceptors (Lipinski definition) is 5. The van der Waals surface area contributed by atoms with Crippen LogP contribution in [0.3, 0.4) is 0 Å². The minimum Gasteiger partial charge on any atom is -0.497 e. The SMILES string of the molecule is COc1ccc(C2C3=C(CC(C)(C)CC3=O)Nc3ccccc3N2CC(=O)NC2Cc3ccccc3C2)cc1. The van der Waals surface area contributed by atoms with Gasteiger partial charge < -0.3 is 20.3 Å². The number of ketones is 1. The van der Waals surface area contributed by atoms with Crippen molar-refractivity contribution in [1.29, 1.82) is 0 Å². The van der Waals surface area contributed by atoms with Gasteiger partial charge in [0, 0.05) is 23.7 Å². The van der Waals surface area contributed by atoms with Crippen LogP contribution in [-0.4, -0.2) is 31.4 Å². The first-order valence-electron chi connectivity index (χ1n) is 13.7. The Kier molecular flexibility index (Phi) is 6.42. The van der Waals surface area contributed by atoms with E-state index in [0.717, 1.165) is 53.2 Å². The van der Waals surface area contributed by atoms with Crippen molar-refractivity contribution in [1.82, 2.24) is 5.32 Å². The molecule has 1 aliphatic heterocycles. The lowest BCUT2D eigenvalue weighted by Gasteiger charge is -2.38. The van der Waals surface area contributed by atoms with Gasteiger partial charge in [0.15, 0.2) is 5.78 Å². The number of amides is 1. The van der Waals surface area contributed by atoms with E-state index in [1.165, 1.54) is 11.1 Å². The number of fused-ring (bicyclic) bond motifs is 2. The van der Waals surface area contributed by atoms with Crippen molar-refractivity contribution >= 4 is 23.1 Å². The zero-order chi connectivity index (χ0) is 27.1. The molecule has 0 radical (unpaired) electrons. The van der Waals surface area contributed by atoms with Crippen LogP contribution in [0.15, 0.2) is 84.1 Å². The van der Waals surface area contributed by atoms with Gasteiger partial charge in [-0.25, -0.2) is 0 Å². The lowest BCUT2D eigenvalue weighted by molar-refractivity contribution is -0.121. The number of hydrogen-bond donors (Lipinski definition) is 2. The molecule has 0 aromatic heterocycles. The number of nitrogens with zero attached hydrogens (tertiary/aromatic N) is 1. The number of allylic oxidation sites excluding steroid dienone is 1. The summed E-state index contributed by atoms with van der Waals surface area (Å²) in [4.78, 5) is 29.6. The molecule has 0 saturated carbocycles. The number of Topliss-reactive ketones (excluding diaryl/α,β-unsaturated/α-hetero) is 1. The Bertz CT molecular complexity index is 1430. The molecule has 2 N–H and O–H groups in total. The predicted molar refractivity (Wildman–Crippen MR) is 154 cm³/mol. The maximum atomic E-state index is 13.8. The summed E-state index contributed by atoms with van der Waals surface area (Å²) in [7, 11) is 1.64. The van der Waals surface area contributed by atoms with Gasteiger partial charge in [0.1, 0.15) is 5.75 Å². The molecule has 200 valence electrons. The molecule has 0 saturated heterocycles. The third kappa shape index (κ3) is 4.91. The van der Waals surface area contributed by atoms with Crippen LogP contribution in [0.4, 0.5) is 11.4 Å². The third-order valence-corrected chi connectivity index (χ3v) is 8.17. The van der Waals surface area contributed by atoms with E-state index in [1.807, 2.05) is 48.5 Å². The molecule has 39 heavy (non-hydrogen) atoms. The van der Waals surface area contributed by atoms with Gasteiger partial charge in [0.2, 0.25) is 5.91 Å². The molecule has 1 amide bonds. The highest BCUT2D eigenvalue weighted by Crippen LogP contribution is 2.48. The first kappa shape index (κ1) is 25.2. The van der Waals surface area contributed by atoms with E-state index in [-0.39, 0.29) is 29.7 Å². The number of para-hydroxylation sites is 2. The quantitative estimate of drug-likeness (QED) is 0.458. The van der Waals surface area contributed by atoms with E-state index in [9.17, 15) is 9.59 Å². The van der Waals surface area contributed by atoms with Crippen LogP contribution >= 0.6 is 0 Å². The van der Waals surface area contributed by atoms with Gasteiger partial charge in [0.05, 0.1) is 31.1 Å². The van der Waals surface area contributed by atoms with Crippen LogP contribution in [0, 0.1) is 5.41 Å². The Morgan fingerprint density at radius 2 is 1.64 bits per heavy atom. The zero-order valence-electron chi connectivity index (χ0n) is 22.8. The number of benzene rings is 3. The van der Waals surface area contributed by atoms with Crippen molar-refractivity contribution < 1.29 is 14.3 Å². The maximum Gasteiger partial charge on any atom is 0.239 e. The van der Waals surface area contributed by atoms with Gasteiger partial charge in [-0.3, -0.25) is 9.59 Å². The van der Waals surface area contributed by atoms with Crippen molar-refractivity contribution in [2.75, 3.05) is 23.9 Å². The second-order valence-electron chi connectivity index (χ2n) is 11.7. The van der Waals surface area contributed by atoms with Crippen molar-refractivity contribution in [2.45, 2.75) is 51.6 Å². The number of rotatable bonds is 5. The molecular formula is C33H35N3O3. The molecule has 1 heterocycles. The molecule has 0 fully saturated rings. The van der Waals surface area contributed by atoms with Crippen molar-refractivity contribution in [3.8, 4) is 5.75 Å². The summed E-state index contributed by atoms with van der Waals surface area (Å²) in [5.41, 5.74) is 6.91. The lowest BCUT2D eigenvalue weighted by atomic mass is 9.73. The summed E-state index contributed by atoms with van der Waals surface area (Å²) in [5.74, 6) is 0.828. The topological polar surface area (TPSA) is 70.7 Å². The Morgan fingerprint density at radius 3 is 2.33 bits per heavy atom. The fourth-order valence-electron chi connectivity index (χ4n) is 6.45. The standard InChI is InChI=1S/C33H35N3O3/c1-33(2)18-27-31(29(37)19-33)32(21-12-14-25(39-3)15-13-21)36(28-11-7-6-10-26(28)35-27)20-30(38)34-24-16-22-8-4-5-9-23(22)17-24/h4-15,24,32,35H,16-20H2,1-3H3,(H,34,38). The van der Waals surface area contributed by atoms with E-state index >= 15 is 0 Å². The minimum absolute atomic E-state index is 0.0474. The fraction of sp³-hybridized carbons (Fsp3) is 0.333. The Hall–Kier alpha value is -4.06. The summed E-state index contributed by atoms with van der Waals surface area (Å²) in [6.07, 6.45) is 2.90. The van der Waals surface area contributed by atoms with Crippen LogP contribution in [0.2, 0.25) is 0 Å². The smallest absolute Gasteiger partial charge is 0.239 e. The first-order valence-corrected chi connectivity index (χ1v) is 13.7. The summed E-state index contributed by atoms with van der Waals surface area (Å²) in [6.45, 7) is 4.41. The molecule has 6 nitrogen and oxygen atoms in total. The third-order valence-electron chi connectivity index (χ3n) is 8.17. The van der Waals surface area contributed by atoms with Crippen molar-refractivity contribution in [2.24, 2.45) is 5.41 Å². The largest absolute Gasteiger partial charge is 0.497 e. The molecule has 0 bridgehead atoms. The Balaban J connectivity index is 1.39. The molecular weight excluding hydrogens is 486 g/mol. The summed E-state index contributed by atoms with van der Waals surface area (Å²) in [6, 6.07) is 23.9. The lowest BCUT2D eigenvalue weighted by Crippen LogP contribution is -2.45. The Morgan fingerprint density at radius 1 is 0.974 bits per heavy atom. The minimum atomic E-state index is -0.405. The highest BCUT2D eigenvalue weighted by molar-refractivity contribution is 6.02. The predicted octanol–water partition coefficient (Wildman–Crippen LogP) is 5.60. The van der Waals surface area contributed by atoms with Gasteiger partial charge >= 0.3 is 0 Å². The van der Waals surface area contributed by atoms with Crippen LogP contribution < -0.4 is 20.3 Å². The number of carbonyl (C=O) groups excluding carboxylic acids is 2. The summed E-state index contributed by atoms with van der Waals surface area (Å²) >= 11 is 0. The fourth-order valence-corrected chi connectivity index (χ4v) is 6.45.